The normalized spacial score (nSPS) is 23.0. The number of methoxy groups -OCH3 is 1. The molecule has 8 nitrogen and oxygen atoms in total. The van der Waals surface area contributed by atoms with Crippen LogP contribution in [0.3, 0.4) is 0 Å². The van der Waals surface area contributed by atoms with Gasteiger partial charge in [-0.05, 0) is 25.0 Å². The van der Waals surface area contributed by atoms with Crippen molar-refractivity contribution >= 4 is 5.82 Å². The summed E-state index contributed by atoms with van der Waals surface area (Å²) in [7, 11) is 3.23. The fourth-order valence-corrected chi connectivity index (χ4v) is 4.75. The number of nitrogens with one attached hydrogen (secondary N) is 1. The quantitative estimate of drug-likeness (QED) is 0.583. The predicted molar refractivity (Wildman–Crippen MR) is 118 cm³/mol. The van der Waals surface area contributed by atoms with Gasteiger partial charge in [-0.3, -0.25) is 4.98 Å². The van der Waals surface area contributed by atoms with Gasteiger partial charge in [0, 0.05) is 48.3 Å². The number of aromatic hydroxyl groups is 1. The second-order valence-corrected chi connectivity index (χ2v) is 8.71. The highest BCUT2D eigenvalue weighted by atomic mass is 19.3. The van der Waals surface area contributed by atoms with Crippen molar-refractivity contribution in [3.05, 3.63) is 42.6 Å². The van der Waals surface area contributed by atoms with E-state index in [-0.39, 0.29) is 47.0 Å². The van der Waals surface area contributed by atoms with Crippen LogP contribution in [0.2, 0.25) is 0 Å². The van der Waals surface area contributed by atoms with Crippen LogP contribution in [0, 0.1) is 5.82 Å². The summed E-state index contributed by atoms with van der Waals surface area (Å²) in [5.41, 5.74) is 0.991. The number of fused-ring (bicyclic) bond motifs is 2. The molecular formula is C23H23F3N6O2. The van der Waals surface area contributed by atoms with Crippen LogP contribution < -0.4 is 15.0 Å². The number of hydrogen-bond donors (Lipinski definition) is 2. The molecule has 2 aliphatic rings. The van der Waals surface area contributed by atoms with Crippen LogP contribution in [0.15, 0.2) is 36.8 Å². The molecule has 4 heterocycles. The average Bonchev–Trinajstić information content (AvgIpc) is 3.05. The zero-order chi connectivity index (χ0) is 24.0. The van der Waals surface area contributed by atoms with Crippen LogP contribution >= 0.6 is 0 Å². The Morgan fingerprint density at radius 2 is 1.94 bits per heavy atom. The molecule has 3 atom stereocenters. The summed E-state index contributed by atoms with van der Waals surface area (Å²) >= 11 is 0. The van der Waals surface area contributed by atoms with Crippen LogP contribution in [-0.4, -0.2) is 63.5 Å². The monoisotopic (exact) mass is 472 g/mol. The number of phenolic OH excluding ortho intramolecular Hbond substituents is 1. The predicted octanol–water partition coefficient (Wildman–Crippen LogP) is 3.42. The first-order valence-electron chi connectivity index (χ1n) is 10.8. The number of benzene rings is 1. The molecule has 0 spiro atoms. The molecule has 2 aromatic heterocycles. The molecule has 2 aliphatic heterocycles. The fourth-order valence-electron chi connectivity index (χ4n) is 4.75. The Hall–Kier alpha value is -3.47. The number of nitrogens with zero attached hydrogens (tertiary/aromatic N) is 5. The second kappa shape index (κ2) is 8.39. The zero-order valence-corrected chi connectivity index (χ0v) is 18.5. The van der Waals surface area contributed by atoms with Crippen molar-refractivity contribution in [2.75, 3.05) is 19.1 Å². The third kappa shape index (κ3) is 4.00. The smallest absolute Gasteiger partial charge is 0.264 e. The number of rotatable bonds is 5. The van der Waals surface area contributed by atoms with Gasteiger partial charge in [0.25, 0.3) is 5.92 Å². The highest BCUT2D eigenvalue weighted by Gasteiger charge is 2.53. The van der Waals surface area contributed by atoms with Gasteiger partial charge in [0.2, 0.25) is 5.88 Å². The second-order valence-electron chi connectivity index (χ2n) is 8.71. The molecule has 0 aliphatic carbocycles. The van der Waals surface area contributed by atoms with Crippen LogP contribution in [0.5, 0.6) is 11.6 Å². The molecule has 0 radical (unpaired) electrons. The van der Waals surface area contributed by atoms with Gasteiger partial charge >= 0.3 is 0 Å². The summed E-state index contributed by atoms with van der Waals surface area (Å²) in [5, 5.41) is 21.1. The summed E-state index contributed by atoms with van der Waals surface area (Å²) in [6.07, 6.45) is 5.06. The summed E-state index contributed by atoms with van der Waals surface area (Å²) < 4.78 is 48.0. The molecule has 0 amide bonds. The standard InChI is InChI=1S/C23H23F3N6O2/c1-32(14-4-13-8-23(25,26)20(5-14)30-13)21-11-27-18(10-28-21)16-6-17(24)15(7-19(16)33)12-3-22(34-2)31-29-9-12/h3,6-7,9-11,13-14,20,30,33H,4-5,8H2,1-2H3/t13?,14-,20?/m1/s1. The molecule has 2 saturated heterocycles. The lowest BCUT2D eigenvalue weighted by Crippen LogP contribution is -2.49. The Bertz CT molecular complexity index is 1210. The third-order valence-electron chi connectivity index (χ3n) is 6.59. The van der Waals surface area contributed by atoms with Crippen molar-refractivity contribution < 1.29 is 23.0 Å². The van der Waals surface area contributed by atoms with Crippen molar-refractivity contribution in [1.82, 2.24) is 25.5 Å². The van der Waals surface area contributed by atoms with E-state index in [1.54, 1.807) is 7.05 Å². The summed E-state index contributed by atoms with van der Waals surface area (Å²) in [6, 6.07) is 2.83. The van der Waals surface area contributed by atoms with Gasteiger partial charge in [0.05, 0.1) is 37.4 Å². The molecule has 2 fully saturated rings. The van der Waals surface area contributed by atoms with Crippen LogP contribution in [0.25, 0.3) is 22.4 Å². The molecule has 2 N–H and O–H groups in total. The lowest BCUT2D eigenvalue weighted by molar-refractivity contribution is -0.0128. The molecule has 178 valence electrons. The first-order valence-corrected chi connectivity index (χ1v) is 10.8. The highest BCUT2D eigenvalue weighted by molar-refractivity contribution is 5.74. The number of aromatic nitrogens is 4. The number of ether oxygens (including phenoxy) is 1. The maximum Gasteiger partial charge on any atom is 0.264 e. The lowest BCUT2D eigenvalue weighted by atomic mass is 9.98. The van der Waals surface area contributed by atoms with E-state index in [9.17, 15) is 18.3 Å². The van der Waals surface area contributed by atoms with Gasteiger partial charge in [-0.1, -0.05) is 0 Å². The Morgan fingerprint density at radius 3 is 2.65 bits per heavy atom. The number of alkyl halides is 2. The van der Waals surface area contributed by atoms with E-state index in [0.29, 0.717) is 24.2 Å². The first-order chi connectivity index (χ1) is 16.2. The van der Waals surface area contributed by atoms with E-state index in [1.807, 2.05) is 4.90 Å². The Labute approximate surface area is 193 Å². The fraction of sp³-hybridized carbons (Fsp3) is 0.391. The van der Waals surface area contributed by atoms with Crippen molar-refractivity contribution in [3.63, 3.8) is 0 Å². The van der Waals surface area contributed by atoms with Gasteiger partial charge in [-0.15, -0.1) is 5.10 Å². The number of anilines is 1. The molecule has 0 saturated carbocycles. The van der Waals surface area contributed by atoms with E-state index in [0.717, 1.165) is 0 Å². The van der Waals surface area contributed by atoms with Gasteiger partial charge in [0.15, 0.2) is 0 Å². The van der Waals surface area contributed by atoms with Crippen molar-refractivity contribution in [2.24, 2.45) is 0 Å². The summed E-state index contributed by atoms with van der Waals surface area (Å²) in [4.78, 5) is 10.6. The van der Waals surface area contributed by atoms with E-state index >= 15 is 0 Å². The molecule has 5 rings (SSSR count). The minimum atomic E-state index is -2.69. The molecule has 2 unspecified atom stereocenters. The third-order valence-corrected chi connectivity index (χ3v) is 6.59. The van der Waals surface area contributed by atoms with E-state index < -0.39 is 17.8 Å². The average molecular weight is 472 g/mol. The summed E-state index contributed by atoms with van der Waals surface area (Å²) in [6.45, 7) is 0. The minimum absolute atomic E-state index is 0.0964. The zero-order valence-electron chi connectivity index (χ0n) is 18.5. The van der Waals surface area contributed by atoms with Crippen LogP contribution in [0.4, 0.5) is 19.0 Å². The maximum atomic E-state index is 14.9. The van der Waals surface area contributed by atoms with Crippen LogP contribution in [-0.2, 0) is 0 Å². The SMILES string of the molecule is COc1cc(-c2cc(O)c(-c3cnc(N(C)[C@@H]4CC5CC(F)(F)C(C4)N5)cn3)cc2F)cnn1. The molecular weight excluding hydrogens is 449 g/mol. The Balaban J connectivity index is 1.37. The number of hydrogen-bond acceptors (Lipinski definition) is 8. The van der Waals surface area contributed by atoms with Crippen molar-refractivity contribution in [2.45, 2.75) is 43.3 Å². The van der Waals surface area contributed by atoms with Crippen molar-refractivity contribution in [3.8, 4) is 34.0 Å². The molecule has 34 heavy (non-hydrogen) atoms. The molecule has 3 aromatic rings. The first kappa shape index (κ1) is 22.3. The Morgan fingerprint density at radius 1 is 1.12 bits per heavy atom. The topological polar surface area (TPSA) is 96.3 Å². The molecule has 11 heteroatoms. The molecule has 2 bridgehead atoms. The highest BCUT2D eigenvalue weighted by Crippen LogP contribution is 2.41. The van der Waals surface area contributed by atoms with Gasteiger partial charge in [-0.25, -0.2) is 18.2 Å². The number of phenols is 1. The Kier molecular flexibility index (Phi) is 5.51. The van der Waals surface area contributed by atoms with E-state index in [4.69, 9.17) is 4.74 Å². The number of piperidine rings is 1. The molecule has 1 aromatic carbocycles. The van der Waals surface area contributed by atoms with Crippen LogP contribution in [0.1, 0.15) is 19.3 Å². The number of halogens is 3. The minimum Gasteiger partial charge on any atom is -0.507 e. The largest absolute Gasteiger partial charge is 0.507 e. The summed E-state index contributed by atoms with van der Waals surface area (Å²) in [5.74, 6) is -2.72. The van der Waals surface area contributed by atoms with Gasteiger partial charge < -0.3 is 20.1 Å². The van der Waals surface area contributed by atoms with Gasteiger partial charge in [0.1, 0.15) is 17.4 Å². The maximum absolute atomic E-state index is 14.9. The lowest BCUT2D eigenvalue weighted by Gasteiger charge is -2.36. The van der Waals surface area contributed by atoms with Gasteiger partial charge in [-0.2, -0.15) is 5.10 Å². The van der Waals surface area contributed by atoms with Crippen molar-refractivity contribution in [1.29, 1.82) is 0 Å². The van der Waals surface area contributed by atoms with E-state index in [2.05, 4.69) is 25.5 Å². The van der Waals surface area contributed by atoms with E-state index in [1.165, 1.54) is 43.9 Å².